The summed E-state index contributed by atoms with van der Waals surface area (Å²) in [4.78, 5) is 21.0. The van der Waals surface area contributed by atoms with Gasteiger partial charge in [-0.15, -0.1) is 0 Å². The Morgan fingerprint density at radius 2 is 2.12 bits per heavy atom. The van der Waals surface area contributed by atoms with E-state index in [1.54, 1.807) is 24.4 Å². The normalized spacial score (nSPS) is 10.1. The molecule has 0 atom stereocenters. The van der Waals surface area contributed by atoms with Crippen molar-refractivity contribution in [3.05, 3.63) is 46.6 Å². The third kappa shape index (κ3) is 2.43. The molecule has 6 heteroatoms. The molecule has 2 heterocycles. The number of aromatic amines is 1. The lowest BCUT2D eigenvalue weighted by Gasteiger charge is -2.05. The van der Waals surface area contributed by atoms with Crippen LogP contribution < -0.4 is 11.0 Å². The maximum Gasteiger partial charge on any atom is 0.346 e. The molecule has 2 aromatic rings. The highest BCUT2D eigenvalue weighted by Crippen LogP contribution is 2.11. The molecule has 6 nitrogen and oxygen atoms in total. The van der Waals surface area contributed by atoms with Gasteiger partial charge < -0.3 is 10.4 Å². The van der Waals surface area contributed by atoms with Crippen LogP contribution in [0.3, 0.4) is 0 Å². The first-order valence-corrected chi connectivity index (χ1v) is 4.66. The fraction of sp³-hybridized carbons (Fsp3) is 0.100. The Balaban J connectivity index is 2.23. The average molecular weight is 218 g/mol. The highest BCUT2D eigenvalue weighted by atomic mass is 16.3. The lowest BCUT2D eigenvalue weighted by Crippen LogP contribution is -2.11. The maximum absolute atomic E-state index is 10.9. The first-order valence-electron chi connectivity index (χ1n) is 4.66. The molecule has 0 aliphatic rings. The third-order valence-corrected chi connectivity index (χ3v) is 1.94. The molecular weight excluding hydrogens is 208 g/mol. The van der Waals surface area contributed by atoms with Gasteiger partial charge in [0.1, 0.15) is 11.6 Å². The number of aliphatic hydroxyl groups is 1. The molecule has 0 unspecified atom stereocenters. The van der Waals surface area contributed by atoms with Crippen molar-refractivity contribution in [2.45, 2.75) is 6.61 Å². The fourth-order valence-electron chi connectivity index (χ4n) is 1.22. The predicted octanol–water partition coefficient (Wildman–Crippen LogP) is 0.401. The minimum Gasteiger partial charge on any atom is -0.392 e. The quantitative estimate of drug-likeness (QED) is 0.693. The highest BCUT2D eigenvalue weighted by Gasteiger charge is 1.98. The first-order chi connectivity index (χ1) is 7.78. The summed E-state index contributed by atoms with van der Waals surface area (Å²) in [6, 6.07) is 5.02. The van der Waals surface area contributed by atoms with Crippen LogP contribution in [-0.4, -0.2) is 20.1 Å². The van der Waals surface area contributed by atoms with Gasteiger partial charge in [0.25, 0.3) is 0 Å². The van der Waals surface area contributed by atoms with E-state index in [4.69, 9.17) is 5.11 Å². The van der Waals surface area contributed by atoms with Crippen LogP contribution in [0.15, 0.2) is 35.4 Å². The Morgan fingerprint density at radius 3 is 2.88 bits per heavy atom. The summed E-state index contributed by atoms with van der Waals surface area (Å²) in [5.74, 6) is 1.05. The zero-order chi connectivity index (χ0) is 11.4. The van der Waals surface area contributed by atoms with Crippen molar-refractivity contribution < 1.29 is 5.11 Å². The van der Waals surface area contributed by atoms with Gasteiger partial charge in [-0.2, -0.15) is 0 Å². The van der Waals surface area contributed by atoms with Crippen molar-refractivity contribution in [2.75, 3.05) is 5.32 Å². The molecule has 0 radical (unpaired) electrons. The van der Waals surface area contributed by atoms with Crippen LogP contribution in [0.2, 0.25) is 0 Å². The van der Waals surface area contributed by atoms with Gasteiger partial charge in [0.15, 0.2) is 0 Å². The third-order valence-electron chi connectivity index (χ3n) is 1.94. The lowest BCUT2D eigenvalue weighted by atomic mass is 10.3. The number of aromatic nitrogens is 3. The van der Waals surface area contributed by atoms with Crippen molar-refractivity contribution in [1.82, 2.24) is 15.0 Å². The Hall–Kier alpha value is -2.21. The van der Waals surface area contributed by atoms with E-state index in [1.807, 2.05) is 0 Å². The Bertz CT molecular complexity index is 538. The number of H-pyrrole nitrogens is 1. The highest BCUT2D eigenvalue weighted by molar-refractivity contribution is 5.51. The molecular formula is C10H10N4O2. The van der Waals surface area contributed by atoms with Gasteiger partial charge >= 0.3 is 5.69 Å². The van der Waals surface area contributed by atoms with E-state index < -0.39 is 5.69 Å². The van der Waals surface area contributed by atoms with E-state index in [-0.39, 0.29) is 6.61 Å². The zero-order valence-electron chi connectivity index (χ0n) is 8.34. The van der Waals surface area contributed by atoms with Crippen LogP contribution in [0.5, 0.6) is 0 Å². The van der Waals surface area contributed by atoms with E-state index in [0.29, 0.717) is 11.6 Å². The molecule has 82 valence electrons. The zero-order valence-corrected chi connectivity index (χ0v) is 8.34. The van der Waals surface area contributed by atoms with Crippen LogP contribution in [0.1, 0.15) is 5.56 Å². The lowest BCUT2D eigenvalue weighted by molar-refractivity contribution is 0.282. The smallest absolute Gasteiger partial charge is 0.346 e. The molecule has 0 aliphatic heterocycles. The van der Waals surface area contributed by atoms with Gasteiger partial charge in [-0.3, -0.25) is 4.98 Å². The van der Waals surface area contributed by atoms with Gasteiger partial charge in [0, 0.05) is 12.4 Å². The maximum atomic E-state index is 10.9. The topological polar surface area (TPSA) is 90.9 Å². The summed E-state index contributed by atoms with van der Waals surface area (Å²) in [5.41, 5.74) is 0.317. The SMILES string of the molecule is O=c1nccc(Nc2cc(CO)ccn2)[nH]1. The molecule has 3 N–H and O–H groups in total. The van der Waals surface area contributed by atoms with Crippen LogP contribution in [0.4, 0.5) is 11.6 Å². The van der Waals surface area contributed by atoms with Gasteiger partial charge in [-0.1, -0.05) is 0 Å². The number of hydrogen-bond donors (Lipinski definition) is 3. The van der Waals surface area contributed by atoms with Crippen molar-refractivity contribution in [1.29, 1.82) is 0 Å². The van der Waals surface area contributed by atoms with Gasteiger partial charge in [-0.05, 0) is 23.8 Å². The average Bonchev–Trinajstić information content (AvgIpc) is 2.29. The number of nitrogens with zero attached hydrogens (tertiary/aromatic N) is 2. The van der Waals surface area contributed by atoms with E-state index in [9.17, 15) is 4.79 Å². The Kier molecular flexibility index (Phi) is 2.93. The van der Waals surface area contributed by atoms with Gasteiger partial charge in [0.2, 0.25) is 0 Å². The van der Waals surface area contributed by atoms with E-state index in [1.165, 1.54) is 6.20 Å². The van der Waals surface area contributed by atoms with Crippen LogP contribution in [0, 0.1) is 0 Å². The Morgan fingerprint density at radius 1 is 1.31 bits per heavy atom. The number of pyridine rings is 1. The molecule has 0 amide bonds. The van der Waals surface area contributed by atoms with Crippen LogP contribution in [0.25, 0.3) is 0 Å². The minimum absolute atomic E-state index is 0.0515. The molecule has 0 aromatic carbocycles. The number of hydrogen-bond acceptors (Lipinski definition) is 5. The number of anilines is 2. The summed E-state index contributed by atoms with van der Waals surface area (Å²) in [7, 11) is 0. The van der Waals surface area contributed by atoms with Crippen molar-refractivity contribution in [3.8, 4) is 0 Å². The van der Waals surface area contributed by atoms with Crippen LogP contribution >= 0.6 is 0 Å². The molecule has 16 heavy (non-hydrogen) atoms. The summed E-state index contributed by atoms with van der Waals surface area (Å²) in [6.07, 6.45) is 2.98. The van der Waals surface area contributed by atoms with Crippen molar-refractivity contribution >= 4 is 11.6 Å². The summed E-state index contributed by atoms with van der Waals surface area (Å²) in [6.45, 7) is -0.0515. The van der Waals surface area contributed by atoms with Crippen LogP contribution in [-0.2, 0) is 6.61 Å². The Labute approximate surface area is 91.0 Å². The molecule has 0 saturated heterocycles. The molecule has 0 bridgehead atoms. The summed E-state index contributed by atoms with van der Waals surface area (Å²) in [5, 5.41) is 11.9. The largest absolute Gasteiger partial charge is 0.392 e. The van der Waals surface area contributed by atoms with E-state index in [2.05, 4.69) is 20.3 Å². The summed E-state index contributed by atoms with van der Waals surface area (Å²) < 4.78 is 0. The molecule has 2 aromatic heterocycles. The number of aliphatic hydroxyl groups excluding tert-OH is 1. The second-order valence-corrected chi connectivity index (χ2v) is 3.12. The molecule has 2 rings (SSSR count). The minimum atomic E-state index is -0.427. The fourth-order valence-corrected chi connectivity index (χ4v) is 1.22. The first kappa shape index (κ1) is 10.3. The second-order valence-electron chi connectivity index (χ2n) is 3.12. The standard InChI is InChI=1S/C10H10N4O2/c15-6-7-1-3-11-9(5-7)13-8-2-4-12-10(16)14-8/h1-5,15H,6H2,(H2,11,12,13,14,16). The second kappa shape index (κ2) is 4.54. The number of nitrogens with one attached hydrogen (secondary N) is 2. The van der Waals surface area contributed by atoms with E-state index >= 15 is 0 Å². The monoisotopic (exact) mass is 218 g/mol. The van der Waals surface area contributed by atoms with Crippen molar-refractivity contribution in [3.63, 3.8) is 0 Å². The molecule has 0 fully saturated rings. The van der Waals surface area contributed by atoms with E-state index in [0.717, 1.165) is 5.56 Å². The predicted molar refractivity (Wildman–Crippen MR) is 58.3 cm³/mol. The van der Waals surface area contributed by atoms with Crippen molar-refractivity contribution in [2.24, 2.45) is 0 Å². The molecule has 0 aliphatic carbocycles. The number of rotatable bonds is 3. The summed E-state index contributed by atoms with van der Waals surface area (Å²) >= 11 is 0. The van der Waals surface area contributed by atoms with Gasteiger partial charge in [-0.25, -0.2) is 14.8 Å². The molecule has 0 spiro atoms. The van der Waals surface area contributed by atoms with Gasteiger partial charge in [0.05, 0.1) is 6.61 Å². The molecule has 0 saturated carbocycles.